The van der Waals surface area contributed by atoms with Crippen LogP contribution >= 0.6 is 0 Å². The number of methoxy groups -OCH3 is 1. The van der Waals surface area contributed by atoms with Gasteiger partial charge in [-0.05, 0) is 32.6 Å². The molecule has 0 aromatic carbocycles. The van der Waals surface area contributed by atoms with Crippen molar-refractivity contribution in [2.24, 2.45) is 11.3 Å². The molecule has 4 nitrogen and oxygen atoms in total. The molecule has 4 heteroatoms. The molecule has 1 N–H and O–H groups in total. The molecule has 0 radical (unpaired) electrons. The Labute approximate surface area is 97.7 Å². The molecule has 16 heavy (non-hydrogen) atoms. The maximum atomic E-state index is 11.4. The van der Waals surface area contributed by atoms with E-state index in [4.69, 9.17) is 9.47 Å². The average molecular weight is 229 g/mol. The van der Waals surface area contributed by atoms with Crippen molar-refractivity contribution in [2.75, 3.05) is 33.4 Å². The molecule has 0 spiro atoms. The van der Waals surface area contributed by atoms with Crippen LogP contribution in [0.25, 0.3) is 0 Å². The van der Waals surface area contributed by atoms with Crippen LogP contribution in [-0.4, -0.2) is 39.4 Å². The molecule has 0 atom stereocenters. The first-order valence-electron chi connectivity index (χ1n) is 5.93. The van der Waals surface area contributed by atoms with Gasteiger partial charge in [-0.25, -0.2) is 0 Å². The summed E-state index contributed by atoms with van der Waals surface area (Å²) in [6.45, 7) is 6.75. The lowest BCUT2D eigenvalue weighted by Gasteiger charge is -2.21. The second-order valence-corrected chi connectivity index (χ2v) is 5.07. The van der Waals surface area contributed by atoms with Gasteiger partial charge in [0.05, 0.1) is 19.1 Å². The molecule has 0 aromatic heterocycles. The van der Waals surface area contributed by atoms with Crippen molar-refractivity contribution in [3.63, 3.8) is 0 Å². The number of ether oxygens (including phenoxy) is 2. The van der Waals surface area contributed by atoms with Gasteiger partial charge in [-0.2, -0.15) is 0 Å². The highest BCUT2D eigenvalue weighted by atomic mass is 16.5. The fourth-order valence-electron chi connectivity index (χ4n) is 1.43. The smallest absolute Gasteiger partial charge is 0.312 e. The van der Waals surface area contributed by atoms with Crippen molar-refractivity contribution in [1.82, 2.24) is 5.32 Å². The summed E-state index contributed by atoms with van der Waals surface area (Å²) >= 11 is 0. The van der Waals surface area contributed by atoms with E-state index in [9.17, 15) is 4.79 Å². The zero-order valence-electron chi connectivity index (χ0n) is 10.5. The average Bonchev–Trinajstić information content (AvgIpc) is 3.05. The van der Waals surface area contributed by atoms with Crippen molar-refractivity contribution in [3.05, 3.63) is 0 Å². The Balaban J connectivity index is 1.98. The Morgan fingerprint density at radius 2 is 2.12 bits per heavy atom. The molecule has 1 aliphatic carbocycles. The molecule has 1 fully saturated rings. The first-order chi connectivity index (χ1) is 7.56. The highest BCUT2D eigenvalue weighted by Gasteiger charge is 2.27. The molecule has 0 heterocycles. The molecule has 0 saturated heterocycles. The quantitative estimate of drug-likeness (QED) is 0.502. The highest BCUT2D eigenvalue weighted by Crippen LogP contribution is 2.28. The van der Waals surface area contributed by atoms with E-state index < -0.39 is 5.41 Å². The minimum absolute atomic E-state index is 0.182. The minimum Gasteiger partial charge on any atom is -0.469 e. The molecule has 0 unspecified atom stereocenters. The van der Waals surface area contributed by atoms with Crippen molar-refractivity contribution in [3.8, 4) is 0 Å². The lowest BCUT2D eigenvalue weighted by atomic mass is 9.94. The van der Waals surface area contributed by atoms with Crippen LogP contribution in [-0.2, 0) is 14.3 Å². The number of rotatable bonds is 8. The van der Waals surface area contributed by atoms with Crippen LogP contribution in [0, 0.1) is 11.3 Å². The summed E-state index contributed by atoms with van der Waals surface area (Å²) in [6, 6.07) is 0. The largest absolute Gasteiger partial charge is 0.469 e. The van der Waals surface area contributed by atoms with E-state index in [2.05, 4.69) is 5.32 Å². The van der Waals surface area contributed by atoms with E-state index in [-0.39, 0.29) is 5.97 Å². The Hall–Kier alpha value is -0.610. The van der Waals surface area contributed by atoms with Crippen LogP contribution in [0.3, 0.4) is 0 Å². The van der Waals surface area contributed by atoms with Crippen molar-refractivity contribution < 1.29 is 14.3 Å². The van der Waals surface area contributed by atoms with Gasteiger partial charge in [-0.3, -0.25) is 4.79 Å². The fourth-order valence-corrected chi connectivity index (χ4v) is 1.43. The third-order valence-electron chi connectivity index (χ3n) is 2.78. The molecule has 0 amide bonds. The molecule has 1 saturated carbocycles. The normalized spacial score (nSPS) is 16.2. The molecule has 0 aromatic rings. The Morgan fingerprint density at radius 3 is 2.69 bits per heavy atom. The second-order valence-electron chi connectivity index (χ2n) is 5.07. The molecule has 0 aliphatic heterocycles. The number of esters is 1. The van der Waals surface area contributed by atoms with Crippen LogP contribution in [0.15, 0.2) is 0 Å². The first kappa shape index (κ1) is 13.5. The zero-order chi connectivity index (χ0) is 12.0. The van der Waals surface area contributed by atoms with Crippen LogP contribution in [0.5, 0.6) is 0 Å². The van der Waals surface area contributed by atoms with Crippen LogP contribution in [0.1, 0.15) is 26.7 Å². The number of carbonyl (C=O) groups excluding carboxylic acids is 1. The predicted octanol–water partition coefficient (Wildman–Crippen LogP) is 1.20. The molecular formula is C12H23NO3. The zero-order valence-corrected chi connectivity index (χ0v) is 10.5. The van der Waals surface area contributed by atoms with E-state index in [1.165, 1.54) is 20.0 Å². The standard InChI is InChI=1S/C12H23NO3/c1-12(2,11(14)15-3)9-13-6-7-16-8-10-4-5-10/h10,13H,4-9H2,1-3H3. The summed E-state index contributed by atoms with van der Waals surface area (Å²) in [4.78, 5) is 11.4. The van der Waals surface area contributed by atoms with Gasteiger partial charge in [0.1, 0.15) is 0 Å². The number of carbonyl (C=O) groups is 1. The molecule has 1 rings (SSSR count). The van der Waals surface area contributed by atoms with E-state index in [1.807, 2.05) is 13.8 Å². The minimum atomic E-state index is -0.467. The van der Waals surface area contributed by atoms with Crippen molar-refractivity contribution >= 4 is 5.97 Å². The van der Waals surface area contributed by atoms with E-state index >= 15 is 0 Å². The van der Waals surface area contributed by atoms with Gasteiger partial charge in [0.15, 0.2) is 0 Å². The van der Waals surface area contributed by atoms with Crippen molar-refractivity contribution in [1.29, 1.82) is 0 Å². The van der Waals surface area contributed by atoms with Crippen LogP contribution in [0.2, 0.25) is 0 Å². The fraction of sp³-hybridized carbons (Fsp3) is 0.917. The van der Waals surface area contributed by atoms with Crippen LogP contribution in [0.4, 0.5) is 0 Å². The molecule has 0 bridgehead atoms. The SMILES string of the molecule is COC(=O)C(C)(C)CNCCOCC1CC1. The molecule has 94 valence electrons. The topological polar surface area (TPSA) is 47.6 Å². The maximum absolute atomic E-state index is 11.4. The molecule has 1 aliphatic rings. The monoisotopic (exact) mass is 229 g/mol. The summed E-state index contributed by atoms with van der Waals surface area (Å²) < 4.78 is 10.2. The summed E-state index contributed by atoms with van der Waals surface area (Å²) in [5.41, 5.74) is -0.467. The summed E-state index contributed by atoms with van der Waals surface area (Å²) in [5.74, 6) is 0.630. The lowest BCUT2D eigenvalue weighted by Crippen LogP contribution is -2.38. The first-order valence-corrected chi connectivity index (χ1v) is 5.93. The number of hydrogen-bond acceptors (Lipinski definition) is 4. The maximum Gasteiger partial charge on any atom is 0.312 e. The van der Waals surface area contributed by atoms with E-state index in [0.717, 1.165) is 19.1 Å². The molecular weight excluding hydrogens is 206 g/mol. The second kappa shape index (κ2) is 6.21. The van der Waals surface area contributed by atoms with Gasteiger partial charge in [0.2, 0.25) is 0 Å². The van der Waals surface area contributed by atoms with E-state index in [0.29, 0.717) is 13.2 Å². The predicted molar refractivity (Wildman–Crippen MR) is 62.2 cm³/mol. The van der Waals surface area contributed by atoms with Crippen LogP contribution < -0.4 is 5.32 Å². The number of nitrogens with one attached hydrogen (secondary N) is 1. The third-order valence-corrected chi connectivity index (χ3v) is 2.78. The Morgan fingerprint density at radius 1 is 1.44 bits per heavy atom. The number of hydrogen-bond donors (Lipinski definition) is 1. The van der Waals surface area contributed by atoms with Gasteiger partial charge in [-0.1, -0.05) is 0 Å². The third kappa shape index (κ3) is 4.94. The summed E-state index contributed by atoms with van der Waals surface area (Å²) in [7, 11) is 1.42. The highest BCUT2D eigenvalue weighted by molar-refractivity contribution is 5.75. The summed E-state index contributed by atoms with van der Waals surface area (Å²) in [5, 5.41) is 3.21. The van der Waals surface area contributed by atoms with Gasteiger partial charge in [0, 0.05) is 19.7 Å². The van der Waals surface area contributed by atoms with Crippen molar-refractivity contribution in [2.45, 2.75) is 26.7 Å². The Bertz CT molecular complexity index is 224. The van der Waals surface area contributed by atoms with Gasteiger partial charge < -0.3 is 14.8 Å². The van der Waals surface area contributed by atoms with Gasteiger partial charge in [0.25, 0.3) is 0 Å². The summed E-state index contributed by atoms with van der Waals surface area (Å²) in [6.07, 6.45) is 2.64. The Kier molecular flexibility index (Phi) is 5.22. The van der Waals surface area contributed by atoms with Gasteiger partial charge >= 0.3 is 5.97 Å². The lowest BCUT2D eigenvalue weighted by molar-refractivity contribution is -0.150. The van der Waals surface area contributed by atoms with Gasteiger partial charge in [-0.15, -0.1) is 0 Å². The van der Waals surface area contributed by atoms with E-state index in [1.54, 1.807) is 0 Å².